The second-order valence-electron chi connectivity index (χ2n) is 4.51. The average Bonchev–Trinajstić information content (AvgIpc) is 2.47. The van der Waals surface area contributed by atoms with Gasteiger partial charge in [0.25, 0.3) is 0 Å². The van der Waals surface area contributed by atoms with Crippen LogP contribution in [0.2, 0.25) is 0 Å². The molecular weight excluding hydrogens is 280 g/mol. The maximum atomic E-state index is 12.1. The van der Waals surface area contributed by atoms with Crippen molar-refractivity contribution in [2.75, 3.05) is 44.4 Å². The van der Waals surface area contributed by atoms with E-state index in [1.807, 2.05) is 35.2 Å². The third-order valence-electron chi connectivity index (χ3n) is 3.23. The molecule has 3 nitrogen and oxygen atoms in total. The quantitative estimate of drug-likeness (QED) is 0.615. The average molecular weight is 299 g/mol. The zero-order valence-corrected chi connectivity index (χ0v) is 12.5. The second-order valence-corrected chi connectivity index (χ2v) is 5.94. The van der Waals surface area contributed by atoms with E-state index < -0.39 is 0 Å². The van der Waals surface area contributed by atoms with Gasteiger partial charge in [0.2, 0.25) is 5.91 Å². The zero-order valence-electron chi connectivity index (χ0n) is 10.9. The number of hydrogen-bond acceptors (Lipinski definition) is 3. The Morgan fingerprint density at radius 2 is 1.84 bits per heavy atom. The molecule has 2 rings (SSSR count). The van der Waals surface area contributed by atoms with Gasteiger partial charge in [0.05, 0.1) is 5.75 Å². The summed E-state index contributed by atoms with van der Waals surface area (Å²) in [5.74, 6) is 1.43. The molecule has 1 heterocycles. The molecule has 1 amide bonds. The largest absolute Gasteiger partial charge is 0.339 e. The summed E-state index contributed by atoms with van der Waals surface area (Å²) in [6.45, 7) is 4.45. The molecule has 0 aromatic heterocycles. The summed E-state index contributed by atoms with van der Waals surface area (Å²) >= 11 is 7.33. The number of halogens is 1. The summed E-state index contributed by atoms with van der Waals surface area (Å²) < 4.78 is 0. The van der Waals surface area contributed by atoms with Gasteiger partial charge in [0.1, 0.15) is 0 Å². The van der Waals surface area contributed by atoms with E-state index in [0.29, 0.717) is 11.6 Å². The van der Waals surface area contributed by atoms with Crippen LogP contribution in [0, 0.1) is 0 Å². The third kappa shape index (κ3) is 4.71. The fourth-order valence-corrected chi connectivity index (χ4v) is 3.15. The number of alkyl halides is 1. The van der Waals surface area contributed by atoms with Crippen molar-refractivity contribution in [3.8, 4) is 0 Å². The molecule has 0 radical (unpaired) electrons. The third-order valence-corrected chi connectivity index (χ3v) is 4.40. The van der Waals surface area contributed by atoms with Crippen molar-refractivity contribution in [1.82, 2.24) is 9.80 Å². The molecule has 5 heteroatoms. The van der Waals surface area contributed by atoms with Gasteiger partial charge in [0.15, 0.2) is 0 Å². The van der Waals surface area contributed by atoms with Crippen molar-refractivity contribution >= 4 is 29.3 Å². The van der Waals surface area contributed by atoms with Gasteiger partial charge < -0.3 is 4.90 Å². The molecule has 1 fully saturated rings. The molecular formula is C14H19ClN2OS. The highest BCUT2D eigenvalue weighted by atomic mass is 35.5. The number of amides is 1. The van der Waals surface area contributed by atoms with Gasteiger partial charge >= 0.3 is 0 Å². The lowest BCUT2D eigenvalue weighted by Gasteiger charge is -2.34. The highest BCUT2D eigenvalue weighted by Crippen LogP contribution is 2.17. The molecule has 0 saturated carbocycles. The molecule has 0 aliphatic carbocycles. The summed E-state index contributed by atoms with van der Waals surface area (Å²) in [6, 6.07) is 10.1. The Hall–Kier alpha value is -0.710. The predicted molar refractivity (Wildman–Crippen MR) is 80.9 cm³/mol. The molecule has 0 unspecified atom stereocenters. The Morgan fingerprint density at radius 3 is 2.47 bits per heavy atom. The highest BCUT2D eigenvalue weighted by Gasteiger charge is 2.20. The summed E-state index contributed by atoms with van der Waals surface area (Å²) in [5.41, 5.74) is 0. The molecule has 0 N–H and O–H groups in total. The monoisotopic (exact) mass is 298 g/mol. The Balaban J connectivity index is 1.73. The molecule has 1 aromatic rings. The van der Waals surface area contributed by atoms with Crippen LogP contribution in [-0.4, -0.2) is 60.1 Å². The molecule has 104 valence electrons. The fourth-order valence-electron chi connectivity index (χ4n) is 2.09. The van der Waals surface area contributed by atoms with Gasteiger partial charge in [-0.05, 0) is 12.1 Å². The van der Waals surface area contributed by atoms with Crippen LogP contribution in [0.25, 0.3) is 0 Å². The van der Waals surface area contributed by atoms with Crippen molar-refractivity contribution in [1.29, 1.82) is 0 Å². The molecule has 19 heavy (non-hydrogen) atoms. The van der Waals surface area contributed by atoms with Crippen LogP contribution in [0.1, 0.15) is 0 Å². The van der Waals surface area contributed by atoms with Crippen molar-refractivity contribution < 1.29 is 4.79 Å². The zero-order chi connectivity index (χ0) is 13.5. The van der Waals surface area contributed by atoms with Gasteiger partial charge in [0, 0.05) is 43.5 Å². The Labute approximate surface area is 123 Å². The lowest BCUT2D eigenvalue weighted by Crippen LogP contribution is -2.49. The van der Waals surface area contributed by atoms with Crippen molar-refractivity contribution in [2.24, 2.45) is 0 Å². The predicted octanol–water partition coefficient (Wildman–Crippen LogP) is 2.16. The van der Waals surface area contributed by atoms with E-state index >= 15 is 0 Å². The summed E-state index contributed by atoms with van der Waals surface area (Å²) in [5, 5.41) is 0. The first-order valence-corrected chi connectivity index (χ1v) is 8.05. The minimum absolute atomic E-state index is 0.236. The number of rotatable bonds is 5. The normalized spacial score (nSPS) is 16.6. The van der Waals surface area contributed by atoms with E-state index in [1.165, 1.54) is 0 Å². The van der Waals surface area contributed by atoms with Crippen molar-refractivity contribution in [3.05, 3.63) is 30.3 Å². The van der Waals surface area contributed by atoms with Crippen LogP contribution in [0.3, 0.4) is 0 Å². The Bertz CT molecular complexity index is 394. The summed E-state index contributed by atoms with van der Waals surface area (Å²) in [4.78, 5) is 17.5. The second kappa shape index (κ2) is 7.78. The Kier molecular flexibility index (Phi) is 6.01. The maximum Gasteiger partial charge on any atom is 0.233 e. The molecule has 1 aromatic carbocycles. The first-order chi connectivity index (χ1) is 9.29. The van der Waals surface area contributed by atoms with Crippen LogP contribution >= 0.6 is 23.4 Å². The van der Waals surface area contributed by atoms with E-state index in [1.54, 1.807) is 11.8 Å². The Morgan fingerprint density at radius 1 is 1.16 bits per heavy atom. The van der Waals surface area contributed by atoms with Gasteiger partial charge in [-0.2, -0.15) is 0 Å². The van der Waals surface area contributed by atoms with E-state index in [9.17, 15) is 4.79 Å². The van der Waals surface area contributed by atoms with Gasteiger partial charge in [-0.25, -0.2) is 0 Å². The van der Waals surface area contributed by atoms with Gasteiger partial charge in [-0.1, -0.05) is 18.2 Å². The van der Waals surface area contributed by atoms with Crippen LogP contribution in [0.15, 0.2) is 35.2 Å². The number of piperazine rings is 1. The summed E-state index contributed by atoms with van der Waals surface area (Å²) in [6.07, 6.45) is 0. The highest BCUT2D eigenvalue weighted by molar-refractivity contribution is 8.00. The minimum atomic E-state index is 0.236. The number of carbonyl (C=O) groups is 1. The van der Waals surface area contributed by atoms with Crippen LogP contribution in [-0.2, 0) is 4.79 Å². The SMILES string of the molecule is O=C(CSc1ccccc1)N1CCN(CCCl)CC1. The van der Waals surface area contributed by atoms with Gasteiger partial charge in [-0.3, -0.25) is 9.69 Å². The van der Waals surface area contributed by atoms with Crippen LogP contribution < -0.4 is 0 Å². The first-order valence-electron chi connectivity index (χ1n) is 6.53. The number of benzene rings is 1. The fraction of sp³-hybridized carbons (Fsp3) is 0.500. The molecule has 0 spiro atoms. The van der Waals surface area contributed by atoms with E-state index in [0.717, 1.165) is 37.6 Å². The van der Waals surface area contributed by atoms with Crippen molar-refractivity contribution in [2.45, 2.75) is 4.90 Å². The van der Waals surface area contributed by atoms with E-state index in [4.69, 9.17) is 11.6 Å². The van der Waals surface area contributed by atoms with E-state index in [-0.39, 0.29) is 5.91 Å². The first kappa shape index (κ1) is 14.7. The molecule has 1 saturated heterocycles. The lowest BCUT2D eigenvalue weighted by atomic mass is 10.3. The lowest BCUT2D eigenvalue weighted by molar-refractivity contribution is -0.130. The van der Waals surface area contributed by atoms with Gasteiger partial charge in [-0.15, -0.1) is 23.4 Å². The molecule has 1 aliphatic rings. The number of hydrogen-bond donors (Lipinski definition) is 0. The standard InChI is InChI=1S/C14H19ClN2OS/c15-6-7-16-8-10-17(11-9-16)14(18)12-19-13-4-2-1-3-5-13/h1-5H,6-12H2. The van der Waals surface area contributed by atoms with Crippen LogP contribution in [0.5, 0.6) is 0 Å². The minimum Gasteiger partial charge on any atom is -0.339 e. The number of thioether (sulfide) groups is 1. The van der Waals surface area contributed by atoms with E-state index in [2.05, 4.69) is 4.90 Å². The molecule has 1 aliphatic heterocycles. The number of carbonyl (C=O) groups excluding carboxylic acids is 1. The molecule has 0 bridgehead atoms. The maximum absolute atomic E-state index is 12.1. The topological polar surface area (TPSA) is 23.6 Å². The van der Waals surface area contributed by atoms with Crippen molar-refractivity contribution in [3.63, 3.8) is 0 Å². The summed E-state index contributed by atoms with van der Waals surface area (Å²) in [7, 11) is 0. The molecule has 0 atom stereocenters. The smallest absolute Gasteiger partial charge is 0.233 e. The van der Waals surface area contributed by atoms with Crippen LogP contribution in [0.4, 0.5) is 0 Å². The number of nitrogens with zero attached hydrogens (tertiary/aromatic N) is 2.